The maximum Gasteiger partial charge on any atom is 0.261 e. The van der Waals surface area contributed by atoms with Crippen LogP contribution in [0.2, 0.25) is 0 Å². The number of amides is 1. The van der Waals surface area contributed by atoms with Gasteiger partial charge < -0.3 is 4.90 Å². The van der Waals surface area contributed by atoms with Gasteiger partial charge in [0.2, 0.25) is 6.17 Å². The largest absolute Gasteiger partial charge is 0.340 e. The molecular formula is C12H14FNO. The minimum absolute atomic E-state index is 0.390. The molecule has 0 saturated carbocycles. The van der Waals surface area contributed by atoms with Crippen LogP contribution in [0.5, 0.6) is 0 Å². The summed E-state index contributed by atoms with van der Waals surface area (Å²) < 4.78 is 13.8. The Morgan fingerprint density at radius 1 is 1.20 bits per heavy atom. The highest BCUT2D eigenvalue weighted by Crippen LogP contribution is 2.22. The van der Waals surface area contributed by atoms with E-state index in [1.165, 1.54) is 0 Å². The van der Waals surface area contributed by atoms with Crippen molar-refractivity contribution < 1.29 is 9.18 Å². The fourth-order valence-electron chi connectivity index (χ4n) is 1.86. The van der Waals surface area contributed by atoms with Gasteiger partial charge in [0, 0.05) is 13.1 Å². The number of hydrogen-bond acceptors (Lipinski definition) is 1. The molecule has 0 aliphatic carbocycles. The van der Waals surface area contributed by atoms with E-state index >= 15 is 0 Å². The maximum absolute atomic E-state index is 13.8. The number of halogens is 1. The first kappa shape index (κ1) is 10.1. The Morgan fingerprint density at radius 3 is 2.40 bits per heavy atom. The van der Waals surface area contributed by atoms with Gasteiger partial charge in [0.1, 0.15) is 0 Å². The molecule has 0 N–H and O–H groups in total. The second-order valence-corrected chi connectivity index (χ2v) is 3.81. The van der Waals surface area contributed by atoms with Gasteiger partial charge >= 0.3 is 0 Å². The molecule has 1 aromatic carbocycles. The van der Waals surface area contributed by atoms with Crippen molar-refractivity contribution in [1.82, 2.24) is 4.90 Å². The summed E-state index contributed by atoms with van der Waals surface area (Å²) in [6.45, 7) is 1.40. The van der Waals surface area contributed by atoms with Crippen molar-refractivity contribution in [3.8, 4) is 0 Å². The number of carbonyl (C=O) groups is 1. The van der Waals surface area contributed by atoms with E-state index in [4.69, 9.17) is 0 Å². The van der Waals surface area contributed by atoms with Crippen LogP contribution < -0.4 is 0 Å². The molecule has 2 rings (SSSR count). The smallest absolute Gasteiger partial charge is 0.261 e. The topological polar surface area (TPSA) is 20.3 Å². The number of nitrogens with zero attached hydrogens (tertiary/aromatic N) is 1. The highest BCUT2D eigenvalue weighted by atomic mass is 19.1. The van der Waals surface area contributed by atoms with Gasteiger partial charge in [-0.15, -0.1) is 0 Å². The Bertz CT molecular complexity index is 333. The highest BCUT2D eigenvalue weighted by Gasteiger charge is 2.26. The molecular weight excluding hydrogens is 193 g/mol. The molecule has 1 aromatic rings. The normalized spacial score (nSPS) is 17.8. The molecule has 1 fully saturated rings. The molecule has 1 atom stereocenters. The van der Waals surface area contributed by atoms with Crippen LogP contribution in [0.1, 0.15) is 24.6 Å². The summed E-state index contributed by atoms with van der Waals surface area (Å²) in [4.78, 5) is 13.3. The lowest BCUT2D eigenvalue weighted by Crippen LogP contribution is -2.30. The zero-order valence-corrected chi connectivity index (χ0v) is 8.53. The van der Waals surface area contributed by atoms with Gasteiger partial charge in [-0.25, -0.2) is 4.39 Å². The fourth-order valence-corrected chi connectivity index (χ4v) is 1.86. The molecule has 1 aliphatic heterocycles. The summed E-state index contributed by atoms with van der Waals surface area (Å²) in [5.41, 5.74) is 0.453. The Labute approximate surface area is 88.7 Å². The van der Waals surface area contributed by atoms with E-state index in [0.717, 1.165) is 12.8 Å². The van der Waals surface area contributed by atoms with E-state index in [-0.39, 0.29) is 0 Å². The van der Waals surface area contributed by atoms with Gasteiger partial charge in [0.15, 0.2) is 0 Å². The number of alkyl halides is 1. The molecule has 3 heteroatoms. The minimum Gasteiger partial charge on any atom is -0.340 e. The van der Waals surface area contributed by atoms with Crippen LogP contribution in [0.25, 0.3) is 0 Å². The lowest BCUT2D eigenvalue weighted by Gasteiger charge is -2.17. The van der Waals surface area contributed by atoms with E-state index < -0.39 is 12.1 Å². The number of hydrogen-bond donors (Lipinski definition) is 0. The van der Waals surface area contributed by atoms with Crippen LogP contribution in [0.15, 0.2) is 30.3 Å². The molecule has 2 nitrogen and oxygen atoms in total. The molecule has 0 spiro atoms. The molecule has 80 valence electrons. The average Bonchev–Trinajstić information content (AvgIpc) is 2.82. The van der Waals surface area contributed by atoms with Crippen molar-refractivity contribution in [2.75, 3.05) is 13.1 Å². The second-order valence-electron chi connectivity index (χ2n) is 3.81. The van der Waals surface area contributed by atoms with Crippen molar-refractivity contribution in [2.45, 2.75) is 19.0 Å². The van der Waals surface area contributed by atoms with Gasteiger partial charge in [-0.3, -0.25) is 4.79 Å². The van der Waals surface area contributed by atoms with Crippen LogP contribution in [0, 0.1) is 0 Å². The summed E-state index contributed by atoms with van der Waals surface area (Å²) in [6, 6.07) is 8.62. The zero-order valence-electron chi connectivity index (χ0n) is 8.53. The first-order valence-corrected chi connectivity index (χ1v) is 5.27. The number of benzene rings is 1. The van der Waals surface area contributed by atoms with Gasteiger partial charge in [-0.1, -0.05) is 30.3 Å². The predicted octanol–water partition coefficient (Wildman–Crippen LogP) is 2.32. The molecule has 0 aromatic heterocycles. The minimum atomic E-state index is -1.50. The molecule has 15 heavy (non-hydrogen) atoms. The summed E-state index contributed by atoms with van der Waals surface area (Å²) in [5.74, 6) is -0.390. The third kappa shape index (κ3) is 2.17. The van der Waals surface area contributed by atoms with E-state index in [1.807, 2.05) is 6.07 Å². The third-order valence-electron chi connectivity index (χ3n) is 2.73. The van der Waals surface area contributed by atoms with Crippen LogP contribution >= 0.6 is 0 Å². The lowest BCUT2D eigenvalue weighted by atomic mass is 10.1. The van der Waals surface area contributed by atoms with Gasteiger partial charge in [-0.05, 0) is 18.4 Å². The lowest BCUT2D eigenvalue weighted by molar-refractivity contribution is -0.135. The Hall–Kier alpha value is -1.38. The summed E-state index contributed by atoms with van der Waals surface area (Å²) in [6.07, 6.45) is 0.491. The first-order chi connectivity index (χ1) is 7.29. The van der Waals surface area contributed by atoms with E-state index in [9.17, 15) is 9.18 Å². The molecule has 1 saturated heterocycles. The summed E-state index contributed by atoms with van der Waals surface area (Å²) in [7, 11) is 0. The van der Waals surface area contributed by atoms with E-state index in [2.05, 4.69) is 0 Å². The third-order valence-corrected chi connectivity index (χ3v) is 2.73. The van der Waals surface area contributed by atoms with Crippen molar-refractivity contribution >= 4 is 5.91 Å². The van der Waals surface area contributed by atoms with E-state index in [0.29, 0.717) is 18.7 Å². The second kappa shape index (κ2) is 4.43. The van der Waals surface area contributed by atoms with Crippen molar-refractivity contribution in [1.29, 1.82) is 0 Å². The summed E-state index contributed by atoms with van der Waals surface area (Å²) in [5, 5.41) is 0. The SMILES string of the molecule is O=C([C@@H](F)c1ccccc1)N1CCCC1. The summed E-state index contributed by atoms with van der Waals surface area (Å²) >= 11 is 0. The number of rotatable bonds is 2. The van der Waals surface area contributed by atoms with E-state index in [1.54, 1.807) is 29.2 Å². The predicted molar refractivity (Wildman–Crippen MR) is 56.1 cm³/mol. The zero-order chi connectivity index (χ0) is 10.7. The quantitative estimate of drug-likeness (QED) is 0.728. The van der Waals surface area contributed by atoms with Gasteiger partial charge in [-0.2, -0.15) is 0 Å². The molecule has 0 bridgehead atoms. The Balaban J connectivity index is 2.07. The van der Waals surface area contributed by atoms with Crippen LogP contribution in [0.4, 0.5) is 4.39 Å². The molecule has 0 unspecified atom stereocenters. The van der Waals surface area contributed by atoms with Gasteiger partial charge in [0.05, 0.1) is 0 Å². The molecule has 1 heterocycles. The Morgan fingerprint density at radius 2 is 1.80 bits per heavy atom. The van der Waals surface area contributed by atoms with Gasteiger partial charge in [0.25, 0.3) is 5.91 Å². The number of carbonyl (C=O) groups excluding carboxylic acids is 1. The Kier molecular flexibility index (Phi) is 2.99. The van der Waals surface area contributed by atoms with Crippen molar-refractivity contribution in [3.63, 3.8) is 0 Å². The molecule has 1 aliphatic rings. The molecule has 1 amide bonds. The standard InChI is InChI=1S/C12H14FNO/c13-11(10-6-2-1-3-7-10)12(15)14-8-4-5-9-14/h1-3,6-7,11H,4-5,8-9H2/t11-/m0/s1. The highest BCUT2D eigenvalue weighted by molar-refractivity contribution is 5.82. The first-order valence-electron chi connectivity index (χ1n) is 5.27. The van der Waals surface area contributed by atoms with Crippen molar-refractivity contribution in [3.05, 3.63) is 35.9 Å². The van der Waals surface area contributed by atoms with Crippen molar-refractivity contribution in [2.24, 2.45) is 0 Å². The number of likely N-dealkylation sites (tertiary alicyclic amines) is 1. The van der Waals surface area contributed by atoms with Crippen LogP contribution in [-0.2, 0) is 4.79 Å². The fraction of sp³-hybridized carbons (Fsp3) is 0.417. The maximum atomic E-state index is 13.8. The van der Waals surface area contributed by atoms with Crippen LogP contribution in [-0.4, -0.2) is 23.9 Å². The average molecular weight is 207 g/mol. The monoisotopic (exact) mass is 207 g/mol. The molecule has 0 radical (unpaired) electrons. The van der Waals surface area contributed by atoms with Crippen LogP contribution in [0.3, 0.4) is 0 Å².